The fourth-order valence-corrected chi connectivity index (χ4v) is 3.84. The number of aryl methyl sites for hydroxylation is 1. The van der Waals surface area contributed by atoms with Crippen molar-refractivity contribution >= 4 is 22.9 Å². The molecule has 31 heavy (non-hydrogen) atoms. The molecule has 1 N–H and O–H groups in total. The van der Waals surface area contributed by atoms with E-state index in [1.807, 2.05) is 0 Å². The van der Waals surface area contributed by atoms with Crippen molar-refractivity contribution in [2.45, 2.75) is 25.4 Å². The number of rotatable bonds is 3. The molecular formula is C21H19F3N4O3. The van der Waals surface area contributed by atoms with E-state index >= 15 is 0 Å². The summed E-state index contributed by atoms with van der Waals surface area (Å²) in [6.45, 7) is 2.46. The molecule has 1 fully saturated rings. The van der Waals surface area contributed by atoms with Crippen LogP contribution < -0.4 is 5.32 Å². The zero-order valence-corrected chi connectivity index (χ0v) is 16.8. The lowest BCUT2D eigenvalue weighted by Gasteiger charge is -2.17. The van der Waals surface area contributed by atoms with E-state index in [-0.39, 0.29) is 29.0 Å². The molecule has 0 spiro atoms. The number of benzene rings is 1. The second-order valence-corrected chi connectivity index (χ2v) is 7.45. The van der Waals surface area contributed by atoms with Crippen LogP contribution in [-0.2, 0) is 6.18 Å². The number of carbonyl (C=O) groups excluding carboxylic acids is 2. The van der Waals surface area contributed by atoms with Crippen molar-refractivity contribution in [2.24, 2.45) is 0 Å². The fraction of sp³-hybridized carbons (Fsp3) is 0.333. The molecule has 1 saturated heterocycles. The molecule has 3 aromatic rings. The maximum absolute atomic E-state index is 12.8. The number of nitrogens with one attached hydrogen (secondary N) is 1. The molecule has 162 valence electrons. The van der Waals surface area contributed by atoms with Crippen LogP contribution in [0.15, 0.2) is 34.9 Å². The summed E-state index contributed by atoms with van der Waals surface area (Å²) in [6, 6.07) is 5.81. The summed E-state index contributed by atoms with van der Waals surface area (Å²) in [5.74, 6) is -0.840. The van der Waals surface area contributed by atoms with Crippen LogP contribution in [0.5, 0.6) is 0 Å². The monoisotopic (exact) mass is 432 g/mol. The number of alkyl halides is 3. The lowest BCUT2D eigenvalue weighted by Crippen LogP contribution is -2.28. The summed E-state index contributed by atoms with van der Waals surface area (Å²) in [6.07, 6.45) is -3.88. The van der Waals surface area contributed by atoms with Crippen LogP contribution >= 0.6 is 0 Å². The molecule has 7 nitrogen and oxygen atoms in total. The minimum Gasteiger partial charge on any atom is -0.355 e. The Morgan fingerprint density at radius 2 is 1.94 bits per heavy atom. The SMILES string of the molecule is CNC(=O)c1cc(C)nc2onc(C3CCN(C(=O)c4ccc(C(F)(F)F)cc4)C3)c12. The average Bonchev–Trinajstić information content (AvgIpc) is 3.38. The number of hydrogen-bond donors (Lipinski definition) is 1. The average molecular weight is 432 g/mol. The molecular weight excluding hydrogens is 413 g/mol. The van der Waals surface area contributed by atoms with Gasteiger partial charge < -0.3 is 14.7 Å². The smallest absolute Gasteiger partial charge is 0.355 e. The van der Waals surface area contributed by atoms with Crippen molar-refractivity contribution < 1.29 is 27.3 Å². The van der Waals surface area contributed by atoms with Crippen molar-refractivity contribution in [1.29, 1.82) is 0 Å². The van der Waals surface area contributed by atoms with Crippen molar-refractivity contribution in [3.05, 3.63) is 58.4 Å². The van der Waals surface area contributed by atoms with E-state index in [9.17, 15) is 22.8 Å². The normalized spacial score (nSPS) is 16.7. The van der Waals surface area contributed by atoms with Crippen molar-refractivity contribution in [3.8, 4) is 0 Å². The second-order valence-electron chi connectivity index (χ2n) is 7.45. The summed E-state index contributed by atoms with van der Waals surface area (Å²) in [7, 11) is 1.52. The lowest BCUT2D eigenvalue weighted by molar-refractivity contribution is -0.137. The first-order valence-electron chi connectivity index (χ1n) is 9.64. The maximum atomic E-state index is 12.8. The van der Waals surface area contributed by atoms with Gasteiger partial charge in [-0.15, -0.1) is 0 Å². The largest absolute Gasteiger partial charge is 0.416 e. The number of aromatic nitrogens is 2. The highest BCUT2D eigenvalue weighted by molar-refractivity contribution is 6.06. The number of fused-ring (bicyclic) bond motifs is 1. The fourth-order valence-electron chi connectivity index (χ4n) is 3.84. The maximum Gasteiger partial charge on any atom is 0.416 e. The van der Waals surface area contributed by atoms with Gasteiger partial charge in [-0.05, 0) is 43.7 Å². The van der Waals surface area contributed by atoms with Crippen LogP contribution in [0.2, 0.25) is 0 Å². The van der Waals surface area contributed by atoms with Gasteiger partial charge in [0, 0.05) is 37.3 Å². The number of nitrogens with zero attached hydrogens (tertiary/aromatic N) is 3. The molecule has 1 aliphatic rings. The Kier molecular flexibility index (Phi) is 5.16. The zero-order chi connectivity index (χ0) is 22.3. The van der Waals surface area contributed by atoms with Gasteiger partial charge >= 0.3 is 6.18 Å². The number of likely N-dealkylation sites (tertiary alicyclic amines) is 1. The molecule has 0 aliphatic carbocycles. The molecule has 0 radical (unpaired) electrons. The van der Waals surface area contributed by atoms with Gasteiger partial charge in [0.05, 0.1) is 22.2 Å². The lowest BCUT2D eigenvalue weighted by atomic mass is 9.99. The molecule has 3 heterocycles. The quantitative estimate of drug-likeness (QED) is 0.684. The molecule has 1 atom stereocenters. The molecule has 2 amide bonds. The topological polar surface area (TPSA) is 88.3 Å². The summed E-state index contributed by atoms with van der Waals surface area (Å²) in [5.41, 5.74) is 1.18. The first kappa shape index (κ1) is 20.8. The summed E-state index contributed by atoms with van der Waals surface area (Å²) < 4.78 is 43.6. The molecule has 1 aromatic carbocycles. The highest BCUT2D eigenvalue weighted by Gasteiger charge is 2.34. The van der Waals surface area contributed by atoms with E-state index in [0.29, 0.717) is 41.8 Å². The number of hydrogen-bond acceptors (Lipinski definition) is 5. The van der Waals surface area contributed by atoms with Crippen LogP contribution in [0.4, 0.5) is 13.2 Å². The highest BCUT2D eigenvalue weighted by Crippen LogP contribution is 2.34. The predicted molar refractivity (Wildman–Crippen MR) is 105 cm³/mol. The number of carbonyl (C=O) groups is 2. The number of amides is 2. The number of pyridine rings is 1. The number of halogens is 3. The summed E-state index contributed by atoms with van der Waals surface area (Å²) >= 11 is 0. The zero-order valence-electron chi connectivity index (χ0n) is 16.8. The third kappa shape index (κ3) is 3.85. The summed E-state index contributed by atoms with van der Waals surface area (Å²) in [4.78, 5) is 31.0. The molecule has 1 unspecified atom stereocenters. The Balaban J connectivity index is 1.58. The Labute approximate surface area is 175 Å². The molecule has 0 saturated carbocycles. The van der Waals surface area contributed by atoms with Crippen LogP contribution in [0, 0.1) is 6.92 Å². The van der Waals surface area contributed by atoms with Gasteiger partial charge in [0.1, 0.15) is 0 Å². The van der Waals surface area contributed by atoms with Gasteiger partial charge in [0.25, 0.3) is 17.5 Å². The summed E-state index contributed by atoms with van der Waals surface area (Å²) in [5, 5.41) is 7.22. The van der Waals surface area contributed by atoms with E-state index in [4.69, 9.17) is 4.52 Å². The second kappa shape index (κ2) is 7.68. The minimum atomic E-state index is -4.46. The molecule has 4 rings (SSSR count). The Hall–Kier alpha value is -3.43. The van der Waals surface area contributed by atoms with Crippen molar-refractivity contribution in [3.63, 3.8) is 0 Å². The van der Waals surface area contributed by atoms with E-state index < -0.39 is 11.7 Å². The third-order valence-electron chi connectivity index (χ3n) is 5.39. The Morgan fingerprint density at radius 1 is 1.23 bits per heavy atom. The van der Waals surface area contributed by atoms with Gasteiger partial charge in [0.2, 0.25) is 0 Å². The van der Waals surface area contributed by atoms with Crippen LogP contribution in [0.1, 0.15) is 50.0 Å². The molecule has 10 heteroatoms. The molecule has 0 bridgehead atoms. The third-order valence-corrected chi connectivity index (χ3v) is 5.39. The standard InChI is InChI=1S/C21H19F3N4O3/c1-11-9-15(18(29)25-2)16-17(27-31-19(16)26-11)13-7-8-28(10-13)20(30)12-3-5-14(6-4-12)21(22,23)24/h3-6,9,13H,7-8,10H2,1-2H3,(H,25,29). The Morgan fingerprint density at radius 3 is 2.58 bits per heavy atom. The highest BCUT2D eigenvalue weighted by atomic mass is 19.4. The van der Waals surface area contributed by atoms with Crippen LogP contribution in [0.25, 0.3) is 11.1 Å². The minimum absolute atomic E-state index is 0.182. The van der Waals surface area contributed by atoms with E-state index in [0.717, 1.165) is 12.1 Å². The van der Waals surface area contributed by atoms with E-state index in [1.165, 1.54) is 19.2 Å². The van der Waals surface area contributed by atoms with E-state index in [2.05, 4.69) is 15.5 Å². The van der Waals surface area contributed by atoms with Crippen LogP contribution in [-0.4, -0.2) is 47.0 Å². The molecule has 2 aromatic heterocycles. The van der Waals surface area contributed by atoms with Gasteiger partial charge in [0.15, 0.2) is 0 Å². The van der Waals surface area contributed by atoms with Gasteiger partial charge in [-0.3, -0.25) is 9.59 Å². The first-order chi connectivity index (χ1) is 14.7. The van der Waals surface area contributed by atoms with Gasteiger partial charge in [-0.1, -0.05) is 5.16 Å². The molecule has 1 aliphatic heterocycles. The van der Waals surface area contributed by atoms with E-state index in [1.54, 1.807) is 17.9 Å². The first-order valence-corrected chi connectivity index (χ1v) is 9.64. The van der Waals surface area contributed by atoms with Crippen molar-refractivity contribution in [2.75, 3.05) is 20.1 Å². The Bertz CT molecular complexity index is 1160. The van der Waals surface area contributed by atoms with Gasteiger partial charge in [-0.2, -0.15) is 13.2 Å². The van der Waals surface area contributed by atoms with Crippen molar-refractivity contribution in [1.82, 2.24) is 20.4 Å². The predicted octanol–water partition coefficient (Wildman–Crippen LogP) is 3.54. The van der Waals surface area contributed by atoms with Gasteiger partial charge in [-0.25, -0.2) is 4.98 Å². The van der Waals surface area contributed by atoms with Crippen LogP contribution in [0.3, 0.4) is 0 Å².